The van der Waals surface area contributed by atoms with Crippen molar-refractivity contribution in [2.45, 2.75) is 19.4 Å². The van der Waals surface area contributed by atoms with E-state index in [0.29, 0.717) is 0 Å². The van der Waals surface area contributed by atoms with E-state index in [-0.39, 0.29) is 12.2 Å². The van der Waals surface area contributed by atoms with Crippen LogP contribution in [0.4, 0.5) is 0 Å². The fourth-order valence-electron chi connectivity index (χ4n) is 2.86. The van der Waals surface area contributed by atoms with Crippen molar-refractivity contribution in [1.82, 2.24) is 9.63 Å². The Labute approximate surface area is 120 Å². The van der Waals surface area contributed by atoms with Crippen LogP contribution in [0.2, 0.25) is 0 Å². The van der Waals surface area contributed by atoms with Crippen molar-refractivity contribution < 1.29 is 19.5 Å². The second-order valence-electron chi connectivity index (χ2n) is 5.01. The Morgan fingerprint density at radius 2 is 2.19 bits per heavy atom. The van der Waals surface area contributed by atoms with Gasteiger partial charge in [0.05, 0.1) is 24.7 Å². The Morgan fingerprint density at radius 1 is 1.43 bits per heavy atom. The second kappa shape index (κ2) is 4.77. The molecule has 1 aromatic carbocycles. The Bertz CT molecular complexity index is 786. The number of hydrogen-bond donors (Lipinski definition) is 1. The average molecular weight is 286 g/mol. The molecule has 6 heteroatoms. The van der Waals surface area contributed by atoms with Gasteiger partial charge in [-0.3, -0.25) is 14.2 Å². The van der Waals surface area contributed by atoms with E-state index in [9.17, 15) is 9.59 Å². The molecule has 2 heterocycles. The molecule has 0 bridgehead atoms. The summed E-state index contributed by atoms with van der Waals surface area (Å²) in [4.78, 5) is 27.6. The van der Waals surface area contributed by atoms with E-state index >= 15 is 0 Å². The summed E-state index contributed by atoms with van der Waals surface area (Å²) >= 11 is 0. The lowest BCUT2D eigenvalue weighted by molar-refractivity contribution is -0.145. The van der Waals surface area contributed by atoms with Gasteiger partial charge in [0, 0.05) is 5.39 Å². The first-order valence-electron chi connectivity index (χ1n) is 6.49. The molecule has 0 amide bonds. The highest BCUT2D eigenvalue weighted by Crippen LogP contribution is 2.41. The molecule has 6 nitrogen and oxygen atoms in total. The Kier molecular flexibility index (Phi) is 3.05. The zero-order chi connectivity index (χ0) is 15.1. The minimum atomic E-state index is -0.956. The molecule has 3 rings (SSSR count). The molecule has 0 saturated heterocycles. The summed E-state index contributed by atoms with van der Waals surface area (Å²) in [6.07, 6.45) is -0.158. The number of hydroxylamine groups is 2. The molecule has 0 fully saturated rings. The van der Waals surface area contributed by atoms with Crippen LogP contribution in [0.1, 0.15) is 23.7 Å². The van der Waals surface area contributed by atoms with Gasteiger partial charge < -0.3 is 5.11 Å². The SMILES string of the molecule is CON1C(=C=O)n2c(cc3cc(C)ccc32)C1CC(=O)O. The van der Waals surface area contributed by atoms with Crippen LogP contribution in [0.3, 0.4) is 0 Å². The Hall–Kier alpha value is -2.56. The topological polar surface area (TPSA) is 71.8 Å². The zero-order valence-electron chi connectivity index (χ0n) is 11.7. The summed E-state index contributed by atoms with van der Waals surface area (Å²) in [6.45, 7) is 1.98. The van der Waals surface area contributed by atoms with Gasteiger partial charge >= 0.3 is 5.97 Å². The highest BCUT2D eigenvalue weighted by molar-refractivity contribution is 5.91. The Balaban J connectivity index is 2.26. The maximum Gasteiger partial charge on any atom is 0.305 e. The number of carboxylic acids is 1. The molecule has 0 spiro atoms. The first-order valence-corrected chi connectivity index (χ1v) is 6.49. The number of carbonyl (C=O) groups is 1. The normalized spacial score (nSPS) is 17.1. The van der Waals surface area contributed by atoms with Crippen molar-refractivity contribution in [1.29, 1.82) is 0 Å². The molecule has 1 aliphatic rings. The maximum absolute atomic E-state index is 11.3. The van der Waals surface area contributed by atoms with Gasteiger partial charge in [0.2, 0.25) is 5.82 Å². The van der Waals surface area contributed by atoms with Crippen LogP contribution >= 0.6 is 0 Å². The molecule has 0 saturated carbocycles. The number of aryl methyl sites for hydroxylation is 1. The second-order valence-corrected chi connectivity index (χ2v) is 5.01. The third kappa shape index (κ3) is 1.93. The molecule has 1 atom stereocenters. The number of hydrogen-bond acceptors (Lipinski definition) is 4. The number of aromatic nitrogens is 1. The van der Waals surface area contributed by atoms with Crippen LogP contribution in [-0.4, -0.2) is 33.8 Å². The largest absolute Gasteiger partial charge is 0.481 e. The lowest BCUT2D eigenvalue weighted by Gasteiger charge is -2.21. The van der Waals surface area contributed by atoms with Gasteiger partial charge in [0.1, 0.15) is 6.04 Å². The molecule has 108 valence electrons. The van der Waals surface area contributed by atoms with Gasteiger partial charge in [-0.2, -0.15) is 0 Å². The van der Waals surface area contributed by atoms with Gasteiger partial charge in [0.25, 0.3) is 0 Å². The van der Waals surface area contributed by atoms with Crippen LogP contribution in [0, 0.1) is 6.92 Å². The van der Waals surface area contributed by atoms with Crippen LogP contribution in [0.5, 0.6) is 0 Å². The summed E-state index contributed by atoms with van der Waals surface area (Å²) in [5.41, 5.74) is 2.66. The van der Waals surface area contributed by atoms with E-state index < -0.39 is 12.0 Å². The van der Waals surface area contributed by atoms with Crippen LogP contribution in [0.25, 0.3) is 16.7 Å². The third-order valence-electron chi connectivity index (χ3n) is 3.69. The number of carbonyl (C=O) groups excluding carboxylic acids is 1. The van der Waals surface area contributed by atoms with E-state index in [1.54, 1.807) is 4.57 Å². The Morgan fingerprint density at radius 3 is 2.81 bits per heavy atom. The van der Waals surface area contributed by atoms with Crippen molar-refractivity contribution in [3.05, 3.63) is 35.5 Å². The molecule has 1 unspecified atom stereocenters. The number of rotatable bonds is 3. The van der Waals surface area contributed by atoms with Crippen molar-refractivity contribution >= 4 is 28.6 Å². The predicted molar refractivity (Wildman–Crippen MR) is 75.9 cm³/mol. The van der Waals surface area contributed by atoms with Crippen molar-refractivity contribution in [3.63, 3.8) is 0 Å². The van der Waals surface area contributed by atoms with Crippen LogP contribution < -0.4 is 0 Å². The lowest BCUT2D eigenvalue weighted by atomic mass is 10.1. The minimum absolute atomic E-state index is 0.158. The predicted octanol–water partition coefficient (Wildman–Crippen LogP) is 1.97. The number of aliphatic carboxylic acids is 1. The fraction of sp³-hybridized carbons (Fsp3) is 0.267. The molecule has 1 aliphatic heterocycles. The highest BCUT2D eigenvalue weighted by Gasteiger charge is 2.38. The van der Waals surface area contributed by atoms with Crippen molar-refractivity contribution in [2.24, 2.45) is 0 Å². The molecule has 21 heavy (non-hydrogen) atoms. The molecule has 0 radical (unpaired) electrons. The average Bonchev–Trinajstić information content (AvgIpc) is 2.92. The summed E-state index contributed by atoms with van der Waals surface area (Å²) in [7, 11) is 1.41. The monoisotopic (exact) mass is 286 g/mol. The van der Waals surface area contributed by atoms with Gasteiger partial charge in [-0.25, -0.2) is 9.86 Å². The van der Waals surface area contributed by atoms with Crippen LogP contribution in [-0.2, 0) is 14.4 Å². The van der Waals surface area contributed by atoms with E-state index in [1.807, 2.05) is 37.1 Å². The number of benzene rings is 1. The van der Waals surface area contributed by atoms with Gasteiger partial charge in [-0.1, -0.05) is 11.6 Å². The first-order chi connectivity index (χ1) is 10.1. The first kappa shape index (κ1) is 13.4. The van der Waals surface area contributed by atoms with Crippen molar-refractivity contribution in [3.8, 4) is 0 Å². The third-order valence-corrected chi connectivity index (χ3v) is 3.69. The van der Waals surface area contributed by atoms with Gasteiger partial charge in [0.15, 0.2) is 5.94 Å². The minimum Gasteiger partial charge on any atom is -0.481 e. The summed E-state index contributed by atoms with van der Waals surface area (Å²) in [5.74, 6) is 1.08. The molecule has 0 aliphatic carbocycles. The molecule has 2 aromatic rings. The van der Waals surface area contributed by atoms with Crippen LogP contribution in [0.15, 0.2) is 24.3 Å². The standard InChI is InChI=1S/C15H14N2O4/c1-9-3-4-11-10(5-9)6-12-13(7-15(19)20)17(21-2)14(8-18)16(11)12/h3-6,13H,7H2,1-2H3,(H,19,20). The van der Waals surface area contributed by atoms with E-state index in [1.165, 1.54) is 12.2 Å². The smallest absolute Gasteiger partial charge is 0.305 e. The summed E-state index contributed by atoms with van der Waals surface area (Å²) in [6, 6.07) is 7.20. The highest BCUT2D eigenvalue weighted by atomic mass is 16.7. The molecule has 1 N–H and O–H groups in total. The quantitative estimate of drug-likeness (QED) is 0.873. The fourth-order valence-corrected chi connectivity index (χ4v) is 2.86. The molecule has 1 aromatic heterocycles. The molecular weight excluding hydrogens is 272 g/mol. The summed E-state index contributed by atoms with van der Waals surface area (Å²) < 4.78 is 1.71. The molecular formula is C15H14N2O4. The van der Waals surface area contributed by atoms with Gasteiger partial charge in [-0.05, 0) is 25.1 Å². The maximum atomic E-state index is 11.3. The number of fused-ring (bicyclic) bond motifs is 3. The number of carboxylic acid groups (broad SMARTS) is 1. The van der Waals surface area contributed by atoms with E-state index in [4.69, 9.17) is 9.94 Å². The summed E-state index contributed by atoms with van der Waals surface area (Å²) in [5, 5.41) is 11.4. The van der Waals surface area contributed by atoms with Crippen molar-refractivity contribution in [2.75, 3.05) is 7.11 Å². The van der Waals surface area contributed by atoms with E-state index in [0.717, 1.165) is 22.2 Å². The number of nitrogens with zero attached hydrogens (tertiary/aromatic N) is 2. The van der Waals surface area contributed by atoms with E-state index in [2.05, 4.69) is 0 Å². The van der Waals surface area contributed by atoms with Gasteiger partial charge in [-0.15, -0.1) is 0 Å². The zero-order valence-corrected chi connectivity index (χ0v) is 11.7. The lowest BCUT2D eigenvalue weighted by Crippen LogP contribution is -2.23.